The molecule has 2 saturated heterocycles. The van der Waals surface area contributed by atoms with E-state index in [1.54, 1.807) is 65.6 Å². The predicted molar refractivity (Wildman–Crippen MR) is 132 cm³/mol. The summed E-state index contributed by atoms with van der Waals surface area (Å²) in [5.41, 5.74) is -0.722. The number of Topliss-reactive ketones (excluding diaryl/α,β-unsaturated/α-hetero) is 2. The Morgan fingerprint density at radius 1 is 0.829 bits per heavy atom. The second kappa shape index (κ2) is 7.75. The molecule has 2 aliphatic heterocycles. The van der Waals surface area contributed by atoms with Gasteiger partial charge in [-0.25, -0.2) is 0 Å². The van der Waals surface area contributed by atoms with Crippen molar-refractivity contribution in [2.45, 2.75) is 11.6 Å². The molecule has 1 spiro atoms. The molecule has 35 heavy (non-hydrogen) atoms. The number of esters is 2. The van der Waals surface area contributed by atoms with E-state index in [2.05, 4.69) is 15.9 Å². The van der Waals surface area contributed by atoms with Crippen LogP contribution in [0.25, 0.3) is 0 Å². The molecule has 0 amide bonds. The molecule has 3 aromatic carbocycles. The van der Waals surface area contributed by atoms with Crippen LogP contribution in [0.4, 0.5) is 5.69 Å². The van der Waals surface area contributed by atoms with Crippen LogP contribution in [0.5, 0.6) is 0 Å². The van der Waals surface area contributed by atoms with Gasteiger partial charge in [-0.3, -0.25) is 19.2 Å². The van der Waals surface area contributed by atoms with Gasteiger partial charge in [0.25, 0.3) is 0 Å². The Morgan fingerprint density at radius 3 is 2.06 bits per heavy atom. The number of cyclic esters (lactones) is 2. The van der Waals surface area contributed by atoms with Crippen molar-refractivity contribution >= 4 is 68.3 Å². The highest BCUT2D eigenvalue weighted by atomic mass is 79.9. The van der Waals surface area contributed by atoms with E-state index in [9.17, 15) is 19.2 Å². The van der Waals surface area contributed by atoms with Gasteiger partial charge in [0.2, 0.25) is 0 Å². The largest absolute Gasteiger partial charge is 0.393 e. The van der Waals surface area contributed by atoms with Gasteiger partial charge in [0.05, 0.1) is 22.7 Å². The summed E-state index contributed by atoms with van der Waals surface area (Å²) in [6.07, 6.45) is 0. The van der Waals surface area contributed by atoms with Gasteiger partial charge in [-0.05, 0) is 35.9 Å². The third-order valence-corrected chi connectivity index (χ3v) is 8.09. The summed E-state index contributed by atoms with van der Waals surface area (Å²) in [6.45, 7) is 0. The molecule has 0 saturated carbocycles. The normalized spacial score (nSPS) is 24.2. The maximum atomic E-state index is 14.2. The molecule has 1 aliphatic carbocycles. The minimum atomic E-state index is -2.03. The van der Waals surface area contributed by atoms with Crippen molar-refractivity contribution in [1.29, 1.82) is 0 Å². The lowest BCUT2D eigenvalue weighted by Gasteiger charge is -2.40. The van der Waals surface area contributed by atoms with Crippen LogP contribution >= 0.6 is 39.1 Å². The fourth-order valence-corrected chi connectivity index (χ4v) is 6.48. The van der Waals surface area contributed by atoms with Gasteiger partial charge in [-0.15, -0.1) is 0 Å². The SMILES string of the molecule is O=C1OC(=O)[C@@H]2[C@H]1[C@H](c1ccc(Br)cc1)N(c1ccc(Cl)cc1Cl)C21C(=O)c2ccccc2C1=O. The Labute approximate surface area is 217 Å². The Bertz CT molecular complexity index is 1440. The van der Waals surface area contributed by atoms with E-state index < -0.39 is 46.9 Å². The predicted octanol–water partition coefficient (Wildman–Crippen LogP) is 5.45. The summed E-state index contributed by atoms with van der Waals surface area (Å²) in [5.74, 6) is -5.25. The van der Waals surface area contributed by atoms with Gasteiger partial charge >= 0.3 is 11.9 Å². The fourth-order valence-electron chi connectivity index (χ4n) is 5.71. The van der Waals surface area contributed by atoms with Crippen LogP contribution in [0.3, 0.4) is 0 Å². The van der Waals surface area contributed by atoms with Crippen LogP contribution in [0, 0.1) is 11.8 Å². The number of ketones is 2. The number of halogens is 3. The summed E-state index contributed by atoms with van der Waals surface area (Å²) in [5, 5.41) is 0.534. The van der Waals surface area contributed by atoms with Crippen LogP contribution in [0.15, 0.2) is 71.2 Å². The molecular formula is C26H14BrCl2NO5. The standard InChI is InChI=1S/C26H14BrCl2NO5/c27-13-7-5-12(6-8-13)21-19-20(25(34)35-24(19)33)26(30(21)18-10-9-14(28)11-17(18)29)22(31)15-3-1-2-4-16(15)23(26)32/h1-11,19-21H/t19-,20-,21-/m0/s1. The number of benzene rings is 3. The van der Waals surface area contributed by atoms with Crippen LogP contribution in [0.1, 0.15) is 32.3 Å². The lowest BCUT2D eigenvalue weighted by molar-refractivity contribution is -0.154. The molecule has 9 heteroatoms. The molecule has 0 unspecified atom stereocenters. The zero-order valence-electron chi connectivity index (χ0n) is 17.7. The van der Waals surface area contributed by atoms with Crippen molar-refractivity contribution in [2.75, 3.05) is 4.90 Å². The van der Waals surface area contributed by atoms with E-state index in [1.807, 2.05) is 0 Å². The Kier molecular flexibility index (Phi) is 4.97. The minimum absolute atomic E-state index is 0.177. The molecule has 3 aromatic rings. The third kappa shape index (κ3) is 2.89. The van der Waals surface area contributed by atoms with Crippen molar-refractivity contribution < 1.29 is 23.9 Å². The van der Waals surface area contributed by atoms with E-state index in [4.69, 9.17) is 27.9 Å². The van der Waals surface area contributed by atoms with Crippen LogP contribution in [0.2, 0.25) is 10.0 Å². The maximum Gasteiger partial charge on any atom is 0.320 e. The van der Waals surface area contributed by atoms with Gasteiger partial charge in [-0.2, -0.15) is 0 Å². The second-order valence-electron chi connectivity index (χ2n) is 8.68. The molecule has 0 radical (unpaired) electrons. The summed E-state index contributed by atoms with van der Waals surface area (Å²) in [4.78, 5) is 56.2. The van der Waals surface area contributed by atoms with Crippen LogP contribution < -0.4 is 4.90 Å². The Hall–Kier alpha value is -3.00. The molecular weight excluding hydrogens is 557 g/mol. The summed E-state index contributed by atoms with van der Waals surface area (Å²) >= 11 is 16.2. The van der Waals surface area contributed by atoms with Crippen LogP contribution in [-0.2, 0) is 14.3 Å². The van der Waals surface area contributed by atoms with E-state index in [0.717, 1.165) is 4.47 Å². The number of fused-ring (bicyclic) bond motifs is 3. The average molecular weight is 571 g/mol. The highest BCUT2D eigenvalue weighted by Gasteiger charge is 2.76. The molecule has 0 N–H and O–H groups in total. The fraction of sp³-hybridized carbons (Fsp3) is 0.154. The molecule has 3 atom stereocenters. The molecule has 3 aliphatic rings. The number of ether oxygens (including phenoxy) is 1. The van der Waals surface area contributed by atoms with Crippen LogP contribution in [-0.4, -0.2) is 29.0 Å². The van der Waals surface area contributed by atoms with Crippen molar-refractivity contribution in [3.63, 3.8) is 0 Å². The Balaban J connectivity index is 1.70. The Morgan fingerprint density at radius 2 is 1.46 bits per heavy atom. The summed E-state index contributed by atoms with van der Waals surface area (Å²) in [7, 11) is 0. The van der Waals surface area contributed by atoms with Crippen molar-refractivity contribution in [1.82, 2.24) is 0 Å². The first-order chi connectivity index (χ1) is 16.8. The van der Waals surface area contributed by atoms with Crippen molar-refractivity contribution in [3.8, 4) is 0 Å². The highest BCUT2D eigenvalue weighted by Crippen LogP contribution is 2.60. The van der Waals surface area contributed by atoms with Gasteiger partial charge in [0.1, 0.15) is 5.92 Å². The first-order valence-electron chi connectivity index (χ1n) is 10.7. The first-order valence-corrected chi connectivity index (χ1v) is 12.3. The third-order valence-electron chi connectivity index (χ3n) is 7.02. The van der Waals surface area contributed by atoms with E-state index in [0.29, 0.717) is 16.3 Å². The quantitative estimate of drug-likeness (QED) is 0.301. The monoisotopic (exact) mass is 569 g/mol. The summed E-state index contributed by atoms with van der Waals surface area (Å²) in [6, 6.07) is 17.3. The van der Waals surface area contributed by atoms with E-state index >= 15 is 0 Å². The number of hydrogen-bond acceptors (Lipinski definition) is 6. The lowest BCUT2D eigenvalue weighted by Crippen LogP contribution is -2.59. The van der Waals surface area contributed by atoms with Gasteiger partial charge in [-0.1, -0.05) is 75.5 Å². The maximum absolute atomic E-state index is 14.2. The zero-order valence-corrected chi connectivity index (χ0v) is 20.8. The number of carbonyl (C=O) groups excluding carboxylic acids is 4. The number of rotatable bonds is 2. The molecule has 0 aromatic heterocycles. The molecule has 2 heterocycles. The molecule has 174 valence electrons. The number of nitrogens with zero attached hydrogens (tertiary/aromatic N) is 1. The number of carbonyl (C=O) groups is 4. The lowest BCUT2D eigenvalue weighted by atomic mass is 9.76. The molecule has 2 fully saturated rings. The topological polar surface area (TPSA) is 80.8 Å². The minimum Gasteiger partial charge on any atom is -0.393 e. The summed E-state index contributed by atoms with van der Waals surface area (Å²) < 4.78 is 5.85. The number of anilines is 1. The average Bonchev–Trinajstić information content (AvgIpc) is 3.39. The zero-order chi connectivity index (χ0) is 24.6. The van der Waals surface area contributed by atoms with E-state index in [1.165, 1.54) is 6.07 Å². The first kappa shape index (κ1) is 22.5. The van der Waals surface area contributed by atoms with Gasteiger partial charge in [0.15, 0.2) is 17.1 Å². The van der Waals surface area contributed by atoms with Gasteiger partial charge < -0.3 is 9.64 Å². The number of hydrogen-bond donors (Lipinski definition) is 0. The van der Waals surface area contributed by atoms with Crippen molar-refractivity contribution in [3.05, 3.63) is 97.9 Å². The second-order valence-corrected chi connectivity index (χ2v) is 10.4. The molecule has 0 bridgehead atoms. The van der Waals surface area contributed by atoms with Gasteiger partial charge in [0, 0.05) is 20.6 Å². The molecule has 6 rings (SSSR count). The molecule has 6 nitrogen and oxygen atoms in total. The highest BCUT2D eigenvalue weighted by molar-refractivity contribution is 9.10. The van der Waals surface area contributed by atoms with E-state index in [-0.39, 0.29) is 16.1 Å². The smallest absolute Gasteiger partial charge is 0.320 e. The van der Waals surface area contributed by atoms with Crippen molar-refractivity contribution in [2.24, 2.45) is 11.8 Å².